The van der Waals surface area contributed by atoms with E-state index in [4.69, 9.17) is 4.74 Å². The number of ether oxygens (including phenoxy) is 1. The van der Waals surface area contributed by atoms with Crippen LogP contribution < -0.4 is 15.1 Å². The number of aromatic nitrogens is 4. The number of carbonyl (C=O) groups excluding carboxylic acids is 2. The van der Waals surface area contributed by atoms with Gasteiger partial charge in [0.25, 0.3) is 0 Å². The monoisotopic (exact) mass is 463 g/mol. The number of anilines is 2. The second-order valence-corrected chi connectivity index (χ2v) is 9.00. The van der Waals surface area contributed by atoms with Gasteiger partial charge in [-0.25, -0.2) is 14.6 Å². The van der Waals surface area contributed by atoms with Gasteiger partial charge >= 0.3 is 0 Å². The molecule has 3 atom stereocenters. The minimum absolute atomic E-state index is 0.0274. The average Bonchev–Trinajstić information content (AvgIpc) is 3.42. The molecule has 1 aromatic carbocycles. The van der Waals surface area contributed by atoms with Gasteiger partial charge in [0.05, 0.1) is 36.3 Å². The summed E-state index contributed by atoms with van der Waals surface area (Å²) in [5, 5.41) is 8.33. The van der Waals surface area contributed by atoms with Gasteiger partial charge in [-0.3, -0.25) is 9.59 Å². The number of para-hydroxylation sites is 1. The number of rotatable bonds is 6. The molecule has 5 rings (SSSR count). The maximum atomic E-state index is 12.7. The summed E-state index contributed by atoms with van der Waals surface area (Å²) in [6.07, 6.45) is 3.81. The van der Waals surface area contributed by atoms with Gasteiger partial charge in [0.1, 0.15) is 12.1 Å². The number of carbonyl (C=O) groups is 2. The van der Waals surface area contributed by atoms with Crippen LogP contribution in [0.3, 0.4) is 0 Å². The van der Waals surface area contributed by atoms with Crippen molar-refractivity contribution in [2.24, 2.45) is 5.92 Å². The summed E-state index contributed by atoms with van der Waals surface area (Å²) in [5.41, 5.74) is 1.56. The topological polar surface area (TPSA) is 105 Å². The van der Waals surface area contributed by atoms with Gasteiger partial charge < -0.3 is 19.9 Å². The number of morpholine rings is 1. The van der Waals surface area contributed by atoms with Crippen molar-refractivity contribution in [3.8, 4) is 0 Å². The first kappa shape index (κ1) is 22.3. The van der Waals surface area contributed by atoms with Crippen LogP contribution in [0, 0.1) is 5.92 Å². The molecule has 2 aliphatic heterocycles. The smallest absolute Gasteiger partial charge is 0.227 e. The summed E-state index contributed by atoms with van der Waals surface area (Å²) >= 11 is 0. The first-order valence-electron chi connectivity index (χ1n) is 11.7. The van der Waals surface area contributed by atoms with E-state index >= 15 is 0 Å². The van der Waals surface area contributed by atoms with Crippen LogP contribution in [-0.4, -0.2) is 69.9 Å². The van der Waals surface area contributed by atoms with E-state index in [9.17, 15) is 9.59 Å². The first-order valence-corrected chi connectivity index (χ1v) is 11.7. The van der Waals surface area contributed by atoms with Crippen LogP contribution in [0.4, 0.5) is 11.5 Å². The Balaban J connectivity index is 1.21. The second-order valence-electron chi connectivity index (χ2n) is 9.00. The Kier molecular flexibility index (Phi) is 6.14. The summed E-state index contributed by atoms with van der Waals surface area (Å²) in [7, 11) is 0. The summed E-state index contributed by atoms with van der Waals surface area (Å²) in [4.78, 5) is 38.0. The molecule has 0 saturated carbocycles. The normalized spacial score (nSPS) is 23.0. The Hall–Kier alpha value is -3.53. The lowest BCUT2D eigenvalue weighted by Gasteiger charge is -2.36. The summed E-state index contributed by atoms with van der Waals surface area (Å²) in [6.45, 7) is 6.91. The quantitative estimate of drug-likeness (QED) is 0.592. The highest BCUT2D eigenvalue weighted by molar-refractivity contribution is 6.00. The molecule has 4 heterocycles. The first-order chi connectivity index (χ1) is 16.5. The largest absolute Gasteiger partial charge is 0.372 e. The molecule has 2 saturated heterocycles. The van der Waals surface area contributed by atoms with Gasteiger partial charge in [-0.15, -0.1) is 0 Å². The molecule has 10 nitrogen and oxygen atoms in total. The van der Waals surface area contributed by atoms with E-state index < -0.39 is 0 Å². The van der Waals surface area contributed by atoms with Gasteiger partial charge in [-0.05, 0) is 26.0 Å². The van der Waals surface area contributed by atoms with Crippen LogP contribution in [-0.2, 0) is 20.9 Å². The van der Waals surface area contributed by atoms with E-state index in [-0.39, 0.29) is 36.4 Å². The Morgan fingerprint density at radius 1 is 1.12 bits per heavy atom. The molecule has 2 aliphatic rings. The van der Waals surface area contributed by atoms with Crippen molar-refractivity contribution in [2.75, 3.05) is 36.0 Å². The Labute approximate surface area is 197 Å². The van der Waals surface area contributed by atoms with Crippen LogP contribution in [0.1, 0.15) is 20.3 Å². The van der Waals surface area contributed by atoms with Gasteiger partial charge in [-0.1, -0.05) is 18.2 Å². The highest BCUT2D eigenvalue weighted by atomic mass is 16.5. The summed E-state index contributed by atoms with van der Waals surface area (Å²) in [5.74, 6) is 0.351. The van der Waals surface area contributed by atoms with Crippen LogP contribution in [0.5, 0.6) is 0 Å². The molecule has 0 unspecified atom stereocenters. The van der Waals surface area contributed by atoms with Crippen molar-refractivity contribution in [3.63, 3.8) is 0 Å². The molecular formula is C24H29N7O3. The highest BCUT2D eigenvalue weighted by Crippen LogP contribution is 2.26. The SMILES string of the molecule is C[C@@H]1CN(c2ncnc3c2cnn3CCNC(=O)[C@@H]2CC(=O)N(c3ccccc3)C2)C[C@H](C)O1. The molecule has 178 valence electrons. The Morgan fingerprint density at radius 3 is 2.65 bits per heavy atom. The molecule has 0 aliphatic carbocycles. The lowest BCUT2D eigenvalue weighted by molar-refractivity contribution is -0.126. The fraction of sp³-hybridized carbons (Fsp3) is 0.458. The lowest BCUT2D eigenvalue weighted by Crippen LogP contribution is -2.45. The van der Waals surface area contributed by atoms with Crippen molar-refractivity contribution < 1.29 is 14.3 Å². The molecule has 0 bridgehead atoms. The molecular weight excluding hydrogens is 434 g/mol. The van der Waals surface area contributed by atoms with E-state index in [0.29, 0.717) is 19.6 Å². The van der Waals surface area contributed by atoms with E-state index in [0.717, 1.165) is 35.6 Å². The van der Waals surface area contributed by atoms with E-state index in [1.165, 1.54) is 0 Å². The lowest BCUT2D eigenvalue weighted by atomic mass is 10.1. The number of fused-ring (bicyclic) bond motifs is 1. The standard InChI is InChI=1S/C24H29N7O3/c1-16-12-29(13-17(2)34-16)22-20-11-28-31(23(20)27-15-26-22)9-8-25-24(33)18-10-21(32)30(14-18)19-6-4-3-5-7-19/h3-7,11,15-18H,8-10,12-14H2,1-2H3,(H,25,33)/t16-,17+,18-/m1/s1. The molecule has 3 aromatic rings. The van der Waals surface area contributed by atoms with E-state index in [1.807, 2.05) is 30.3 Å². The van der Waals surface area contributed by atoms with Crippen LogP contribution in [0.2, 0.25) is 0 Å². The zero-order chi connectivity index (χ0) is 23.7. The molecule has 2 aromatic heterocycles. The predicted octanol–water partition coefficient (Wildman–Crippen LogP) is 1.61. The molecule has 1 N–H and O–H groups in total. The fourth-order valence-corrected chi connectivity index (χ4v) is 4.82. The number of hydrogen-bond acceptors (Lipinski definition) is 7. The zero-order valence-electron chi connectivity index (χ0n) is 19.4. The highest BCUT2D eigenvalue weighted by Gasteiger charge is 2.35. The maximum absolute atomic E-state index is 12.7. The summed E-state index contributed by atoms with van der Waals surface area (Å²) in [6, 6.07) is 9.45. The molecule has 10 heteroatoms. The summed E-state index contributed by atoms with van der Waals surface area (Å²) < 4.78 is 7.62. The van der Waals surface area contributed by atoms with Gasteiger partial charge in [0.2, 0.25) is 11.8 Å². The van der Waals surface area contributed by atoms with Crippen molar-refractivity contribution in [1.29, 1.82) is 0 Å². The van der Waals surface area contributed by atoms with Crippen molar-refractivity contribution in [2.45, 2.75) is 39.0 Å². The third-order valence-corrected chi connectivity index (χ3v) is 6.32. The molecule has 0 spiro atoms. The number of amides is 2. The third-order valence-electron chi connectivity index (χ3n) is 6.32. The zero-order valence-corrected chi connectivity index (χ0v) is 19.4. The predicted molar refractivity (Wildman–Crippen MR) is 127 cm³/mol. The third kappa shape index (κ3) is 4.45. The number of benzene rings is 1. The van der Waals surface area contributed by atoms with Crippen molar-refractivity contribution in [1.82, 2.24) is 25.1 Å². The molecule has 2 fully saturated rings. The van der Waals surface area contributed by atoms with Crippen LogP contribution in [0.15, 0.2) is 42.9 Å². The van der Waals surface area contributed by atoms with Gasteiger partial charge in [-0.2, -0.15) is 5.10 Å². The van der Waals surface area contributed by atoms with E-state index in [2.05, 4.69) is 39.1 Å². The number of nitrogens with zero attached hydrogens (tertiary/aromatic N) is 6. The van der Waals surface area contributed by atoms with Crippen molar-refractivity contribution >= 4 is 34.4 Å². The molecule has 0 radical (unpaired) electrons. The van der Waals surface area contributed by atoms with Crippen molar-refractivity contribution in [3.05, 3.63) is 42.9 Å². The van der Waals surface area contributed by atoms with Gasteiger partial charge in [0, 0.05) is 38.3 Å². The molecule has 2 amide bonds. The number of nitrogens with one attached hydrogen (secondary N) is 1. The van der Waals surface area contributed by atoms with E-state index in [1.54, 1.807) is 22.1 Å². The number of hydrogen-bond donors (Lipinski definition) is 1. The maximum Gasteiger partial charge on any atom is 0.227 e. The Morgan fingerprint density at radius 2 is 1.88 bits per heavy atom. The fourth-order valence-electron chi connectivity index (χ4n) is 4.82. The second kappa shape index (κ2) is 9.38. The molecule has 34 heavy (non-hydrogen) atoms. The minimum Gasteiger partial charge on any atom is -0.372 e. The average molecular weight is 464 g/mol. The van der Waals surface area contributed by atoms with Gasteiger partial charge in [0.15, 0.2) is 5.65 Å². The van der Waals surface area contributed by atoms with Crippen LogP contribution >= 0.6 is 0 Å². The Bertz CT molecular complexity index is 1170. The van der Waals surface area contributed by atoms with Crippen LogP contribution in [0.25, 0.3) is 11.0 Å². The minimum atomic E-state index is -0.360.